The summed E-state index contributed by atoms with van der Waals surface area (Å²) in [5, 5.41) is 10.6. The molecular weight excluding hydrogens is 438 g/mol. The highest BCUT2D eigenvalue weighted by Crippen LogP contribution is 2.57. The SMILES string of the molecule is CCOc1ccccc1[C@@H]1[C@H](C(=O)c2ccccc2)N2c3ccccc3C=C[C@H]2[C@@]1(C#N)C(N)=O. The maximum Gasteiger partial charge on any atom is 0.241 e. The average Bonchev–Trinajstić information content (AvgIpc) is 3.21. The molecule has 0 radical (unpaired) electrons. The van der Waals surface area contributed by atoms with Crippen LogP contribution in [0, 0.1) is 16.7 Å². The largest absolute Gasteiger partial charge is 0.494 e. The van der Waals surface area contributed by atoms with E-state index in [0.29, 0.717) is 23.5 Å². The highest BCUT2D eigenvalue weighted by atomic mass is 16.5. The summed E-state index contributed by atoms with van der Waals surface area (Å²) in [6.07, 6.45) is 3.72. The van der Waals surface area contributed by atoms with Gasteiger partial charge in [0.15, 0.2) is 11.2 Å². The lowest BCUT2D eigenvalue weighted by Gasteiger charge is -2.36. The van der Waals surface area contributed by atoms with Crippen LogP contribution >= 0.6 is 0 Å². The van der Waals surface area contributed by atoms with E-state index < -0.39 is 29.3 Å². The van der Waals surface area contributed by atoms with E-state index >= 15 is 0 Å². The van der Waals surface area contributed by atoms with Crippen molar-refractivity contribution in [1.82, 2.24) is 0 Å². The lowest BCUT2D eigenvalue weighted by Crippen LogP contribution is -2.49. The van der Waals surface area contributed by atoms with Crippen LogP contribution in [0.4, 0.5) is 5.69 Å². The fourth-order valence-corrected chi connectivity index (χ4v) is 5.57. The van der Waals surface area contributed by atoms with Crippen molar-refractivity contribution in [2.75, 3.05) is 11.5 Å². The lowest BCUT2D eigenvalue weighted by atomic mass is 9.67. The topological polar surface area (TPSA) is 96.4 Å². The number of nitrogens with two attached hydrogens (primary N) is 1. The zero-order chi connectivity index (χ0) is 24.6. The molecule has 4 atom stereocenters. The van der Waals surface area contributed by atoms with Crippen molar-refractivity contribution in [3.8, 4) is 11.8 Å². The van der Waals surface area contributed by atoms with Gasteiger partial charge in [-0.3, -0.25) is 9.59 Å². The predicted octanol–water partition coefficient (Wildman–Crippen LogP) is 4.33. The van der Waals surface area contributed by atoms with Crippen molar-refractivity contribution in [3.63, 3.8) is 0 Å². The summed E-state index contributed by atoms with van der Waals surface area (Å²) in [6.45, 7) is 2.26. The number of primary amides is 1. The second-order valence-electron chi connectivity index (χ2n) is 8.74. The number of amides is 1. The molecule has 0 aromatic heterocycles. The Morgan fingerprint density at radius 2 is 1.71 bits per heavy atom. The molecule has 3 aromatic rings. The normalized spacial score (nSPS) is 24.2. The summed E-state index contributed by atoms with van der Waals surface area (Å²) in [4.78, 5) is 29.4. The van der Waals surface area contributed by atoms with E-state index in [2.05, 4.69) is 6.07 Å². The van der Waals surface area contributed by atoms with Crippen LogP contribution in [0.2, 0.25) is 0 Å². The van der Waals surface area contributed by atoms with Gasteiger partial charge in [-0.25, -0.2) is 0 Å². The number of nitrogens with zero attached hydrogens (tertiary/aromatic N) is 2. The number of fused-ring (bicyclic) bond motifs is 3. The third-order valence-electron chi connectivity index (χ3n) is 7.02. The number of Topliss-reactive ketones (excluding diaryl/α,β-unsaturated/α-hetero) is 1. The molecule has 174 valence electrons. The number of carbonyl (C=O) groups excluding carboxylic acids is 2. The van der Waals surface area contributed by atoms with Crippen molar-refractivity contribution in [2.45, 2.75) is 24.9 Å². The van der Waals surface area contributed by atoms with Crippen LogP contribution in [0.1, 0.15) is 34.3 Å². The number of hydrogen-bond acceptors (Lipinski definition) is 5. The van der Waals surface area contributed by atoms with Gasteiger partial charge in [-0.15, -0.1) is 0 Å². The van der Waals surface area contributed by atoms with Gasteiger partial charge in [-0.1, -0.05) is 78.9 Å². The number of carbonyl (C=O) groups is 2. The first kappa shape index (κ1) is 22.4. The van der Waals surface area contributed by atoms with Crippen LogP contribution in [0.5, 0.6) is 5.75 Å². The number of anilines is 1. The van der Waals surface area contributed by atoms with E-state index in [4.69, 9.17) is 10.5 Å². The van der Waals surface area contributed by atoms with E-state index in [1.54, 1.807) is 30.3 Å². The first-order valence-corrected chi connectivity index (χ1v) is 11.6. The Balaban J connectivity index is 1.83. The van der Waals surface area contributed by atoms with Crippen molar-refractivity contribution < 1.29 is 14.3 Å². The molecule has 2 N–H and O–H groups in total. The summed E-state index contributed by atoms with van der Waals surface area (Å²) < 4.78 is 5.91. The fourth-order valence-electron chi connectivity index (χ4n) is 5.57. The van der Waals surface area contributed by atoms with Crippen LogP contribution < -0.4 is 15.4 Å². The fraction of sp³-hybridized carbons (Fsp3) is 0.207. The van der Waals surface area contributed by atoms with E-state index in [9.17, 15) is 14.9 Å². The number of benzene rings is 3. The molecule has 35 heavy (non-hydrogen) atoms. The van der Waals surface area contributed by atoms with Gasteiger partial charge in [0.05, 0.1) is 18.7 Å². The molecule has 0 unspecified atom stereocenters. The minimum absolute atomic E-state index is 0.185. The molecule has 2 heterocycles. The quantitative estimate of drug-likeness (QED) is 0.549. The summed E-state index contributed by atoms with van der Waals surface area (Å²) in [5.74, 6) is -1.28. The Kier molecular flexibility index (Phi) is 5.62. The van der Waals surface area contributed by atoms with Crippen LogP contribution in [0.15, 0.2) is 84.9 Å². The third-order valence-corrected chi connectivity index (χ3v) is 7.02. The first-order chi connectivity index (χ1) is 17.0. The molecular formula is C29H25N3O3. The maximum absolute atomic E-state index is 14.2. The highest BCUT2D eigenvalue weighted by Gasteiger charge is 2.66. The molecule has 5 rings (SSSR count). The molecule has 0 bridgehead atoms. The van der Waals surface area contributed by atoms with Crippen LogP contribution in [-0.2, 0) is 4.79 Å². The van der Waals surface area contributed by atoms with Gasteiger partial charge in [0.1, 0.15) is 11.8 Å². The number of hydrogen-bond donors (Lipinski definition) is 1. The minimum atomic E-state index is -1.70. The van der Waals surface area contributed by atoms with Crippen LogP contribution in [-0.4, -0.2) is 30.4 Å². The number of ketones is 1. The zero-order valence-electron chi connectivity index (χ0n) is 19.3. The average molecular weight is 464 g/mol. The summed E-state index contributed by atoms with van der Waals surface area (Å²) in [6, 6.07) is 24.6. The molecule has 0 spiro atoms. The Bertz CT molecular complexity index is 1360. The molecule has 2 aliphatic rings. The van der Waals surface area contributed by atoms with Gasteiger partial charge in [0.2, 0.25) is 5.91 Å². The minimum Gasteiger partial charge on any atom is -0.494 e. The molecule has 6 heteroatoms. The molecule has 2 aliphatic heterocycles. The van der Waals surface area contributed by atoms with Gasteiger partial charge >= 0.3 is 0 Å². The van der Waals surface area contributed by atoms with E-state index in [0.717, 1.165) is 11.3 Å². The van der Waals surface area contributed by atoms with E-state index in [1.165, 1.54) is 0 Å². The van der Waals surface area contributed by atoms with Crippen molar-refractivity contribution >= 4 is 23.5 Å². The zero-order valence-corrected chi connectivity index (χ0v) is 19.3. The van der Waals surface area contributed by atoms with Crippen LogP contribution in [0.25, 0.3) is 6.08 Å². The summed E-state index contributed by atoms with van der Waals surface area (Å²) >= 11 is 0. The van der Waals surface area contributed by atoms with Crippen molar-refractivity contribution in [1.29, 1.82) is 5.26 Å². The molecule has 1 amide bonds. The van der Waals surface area contributed by atoms with E-state index in [-0.39, 0.29) is 5.78 Å². The summed E-state index contributed by atoms with van der Waals surface area (Å²) in [7, 11) is 0. The maximum atomic E-state index is 14.2. The van der Waals surface area contributed by atoms with E-state index in [1.807, 2.05) is 72.5 Å². The number of para-hydroxylation sites is 2. The molecule has 6 nitrogen and oxygen atoms in total. The standard InChI is InChI=1S/C29H25N3O3/c1-2-35-23-15-9-7-13-21(23)25-26(27(33)20-11-4-3-5-12-20)32-22-14-8-6-10-19(22)16-17-24(32)29(25,18-30)28(31)34/h3-17,24-26H,2H2,1H3,(H2,31,34)/t24-,25+,26+,29+/m0/s1. The Labute approximate surface area is 204 Å². The first-order valence-electron chi connectivity index (χ1n) is 11.6. The van der Waals surface area contributed by atoms with Gasteiger partial charge in [-0.05, 0) is 24.6 Å². The second-order valence-corrected chi connectivity index (χ2v) is 8.74. The Morgan fingerprint density at radius 3 is 2.43 bits per heavy atom. The third kappa shape index (κ3) is 3.31. The highest BCUT2D eigenvalue weighted by molar-refractivity contribution is 6.06. The molecule has 1 fully saturated rings. The van der Waals surface area contributed by atoms with Gasteiger partial charge in [-0.2, -0.15) is 5.26 Å². The lowest BCUT2D eigenvalue weighted by molar-refractivity contribution is -0.125. The predicted molar refractivity (Wildman–Crippen MR) is 134 cm³/mol. The monoisotopic (exact) mass is 463 g/mol. The van der Waals surface area contributed by atoms with Crippen molar-refractivity contribution in [2.24, 2.45) is 11.1 Å². The van der Waals surface area contributed by atoms with Gasteiger partial charge in [0.25, 0.3) is 0 Å². The molecule has 0 saturated carbocycles. The Hall–Kier alpha value is -4.37. The number of ether oxygens (including phenoxy) is 1. The van der Waals surface area contributed by atoms with Crippen LogP contribution in [0.3, 0.4) is 0 Å². The van der Waals surface area contributed by atoms with Gasteiger partial charge < -0.3 is 15.4 Å². The molecule has 3 aromatic carbocycles. The smallest absolute Gasteiger partial charge is 0.241 e. The Morgan fingerprint density at radius 1 is 1.03 bits per heavy atom. The second kappa shape index (κ2) is 8.77. The van der Waals surface area contributed by atoms with Crippen molar-refractivity contribution in [3.05, 3.63) is 102 Å². The van der Waals surface area contributed by atoms with Gasteiger partial charge in [0, 0.05) is 22.7 Å². The molecule has 0 aliphatic carbocycles. The molecule has 1 saturated heterocycles. The number of nitriles is 1. The number of rotatable bonds is 6. The summed E-state index contributed by atoms with van der Waals surface area (Å²) in [5.41, 5.74) is 7.15.